The number of hydrogen-bond donors (Lipinski definition) is 1. The summed E-state index contributed by atoms with van der Waals surface area (Å²) in [6.07, 6.45) is 3.80. The Balaban J connectivity index is 1.99. The Hall–Kier alpha value is -1.68. The zero-order chi connectivity index (χ0) is 13.4. The third-order valence-corrected chi connectivity index (χ3v) is 3.71. The molecule has 0 saturated heterocycles. The summed E-state index contributed by atoms with van der Waals surface area (Å²) < 4.78 is 7.63. The molecule has 19 heavy (non-hydrogen) atoms. The Morgan fingerprint density at radius 2 is 2.16 bits per heavy atom. The molecule has 0 amide bonds. The first-order valence-corrected chi connectivity index (χ1v) is 6.77. The molecule has 2 N–H and O–H groups in total. The largest absolute Gasteiger partial charge is 0.490 e. The summed E-state index contributed by atoms with van der Waals surface area (Å²) in [6, 6.07) is 7.45. The van der Waals surface area contributed by atoms with Crippen LogP contribution in [0.3, 0.4) is 0 Å². The molecule has 4 nitrogen and oxygen atoms in total. The van der Waals surface area contributed by atoms with Crippen molar-refractivity contribution < 1.29 is 4.74 Å². The van der Waals surface area contributed by atoms with Gasteiger partial charge in [0.15, 0.2) is 0 Å². The Bertz CT molecular complexity index is 585. The van der Waals surface area contributed by atoms with Crippen molar-refractivity contribution in [3.05, 3.63) is 29.3 Å². The lowest BCUT2D eigenvalue weighted by Crippen LogP contribution is -2.24. The van der Waals surface area contributed by atoms with Crippen LogP contribution in [0.5, 0.6) is 5.75 Å². The number of hydrogen-bond acceptors (Lipinski definition) is 3. The van der Waals surface area contributed by atoms with Crippen molar-refractivity contribution in [1.82, 2.24) is 9.78 Å². The Morgan fingerprint density at radius 1 is 1.37 bits per heavy atom. The van der Waals surface area contributed by atoms with Gasteiger partial charge in [-0.2, -0.15) is 5.10 Å². The second-order valence-electron chi connectivity index (χ2n) is 4.89. The van der Waals surface area contributed by atoms with Gasteiger partial charge in [-0.25, -0.2) is 0 Å². The number of aryl methyl sites for hydroxylation is 1. The van der Waals surface area contributed by atoms with E-state index < -0.39 is 0 Å². The molecule has 1 aliphatic carbocycles. The minimum absolute atomic E-state index is 0.320. The van der Waals surface area contributed by atoms with Crippen molar-refractivity contribution in [2.45, 2.75) is 25.4 Å². The first-order valence-electron chi connectivity index (χ1n) is 6.39. The molecule has 100 valence electrons. The van der Waals surface area contributed by atoms with Gasteiger partial charge in [-0.3, -0.25) is 4.68 Å². The van der Waals surface area contributed by atoms with Crippen LogP contribution in [0.4, 0.5) is 5.82 Å². The molecule has 1 saturated carbocycles. The van der Waals surface area contributed by atoms with E-state index in [0.29, 0.717) is 16.9 Å². The smallest absolute Gasteiger partial charge is 0.129 e. The van der Waals surface area contributed by atoms with Crippen LogP contribution >= 0.6 is 11.6 Å². The van der Waals surface area contributed by atoms with Crippen LogP contribution in [0.15, 0.2) is 24.3 Å². The maximum Gasteiger partial charge on any atom is 0.129 e. The predicted molar refractivity (Wildman–Crippen MR) is 76.3 cm³/mol. The molecule has 1 aliphatic rings. The highest BCUT2D eigenvalue weighted by atomic mass is 35.5. The van der Waals surface area contributed by atoms with E-state index in [4.69, 9.17) is 22.1 Å². The molecule has 0 aliphatic heterocycles. The van der Waals surface area contributed by atoms with Crippen LogP contribution in [-0.4, -0.2) is 15.9 Å². The summed E-state index contributed by atoms with van der Waals surface area (Å²) in [6.45, 7) is 0. The normalized spacial score (nSPS) is 15.3. The lowest BCUT2D eigenvalue weighted by atomic mass is 9.96. The van der Waals surface area contributed by atoms with Crippen molar-refractivity contribution >= 4 is 17.4 Å². The van der Waals surface area contributed by atoms with E-state index in [1.165, 1.54) is 6.42 Å². The monoisotopic (exact) mass is 277 g/mol. The van der Waals surface area contributed by atoms with Crippen LogP contribution in [-0.2, 0) is 7.05 Å². The highest BCUT2D eigenvalue weighted by Gasteiger charge is 2.21. The molecular weight excluding hydrogens is 262 g/mol. The van der Waals surface area contributed by atoms with Gasteiger partial charge in [0, 0.05) is 23.7 Å². The average molecular weight is 278 g/mol. The SMILES string of the molecule is Cn1nc(-c2cc(Cl)ccc2OC2CCC2)cc1N. The third kappa shape index (κ3) is 2.40. The molecule has 0 unspecified atom stereocenters. The maximum absolute atomic E-state index is 6.08. The van der Waals surface area contributed by atoms with E-state index in [1.807, 2.05) is 31.3 Å². The average Bonchev–Trinajstić information content (AvgIpc) is 2.65. The van der Waals surface area contributed by atoms with Crippen LogP contribution in [0, 0.1) is 0 Å². The van der Waals surface area contributed by atoms with Crippen molar-refractivity contribution in [2.75, 3.05) is 5.73 Å². The number of anilines is 1. The third-order valence-electron chi connectivity index (χ3n) is 3.48. The molecular formula is C14H16ClN3O. The van der Waals surface area contributed by atoms with Crippen LogP contribution in [0.2, 0.25) is 5.02 Å². The molecule has 2 aromatic rings. The van der Waals surface area contributed by atoms with Gasteiger partial charge in [0.2, 0.25) is 0 Å². The number of ether oxygens (including phenoxy) is 1. The van der Waals surface area contributed by atoms with Gasteiger partial charge in [-0.15, -0.1) is 0 Å². The summed E-state index contributed by atoms with van der Waals surface area (Å²) in [5, 5.41) is 5.05. The first-order chi connectivity index (χ1) is 9.13. The highest BCUT2D eigenvalue weighted by molar-refractivity contribution is 6.30. The fraction of sp³-hybridized carbons (Fsp3) is 0.357. The summed E-state index contributed by atoms with van der Waals surface area (Å²) in [7, 11) is 1.82. The summed E-state index contributed by atoms with van der Waals surface area (Å²) in [4.78, 5) is 0. The molecule has 0 radical (unpaired) electrons. The van der Waals surface area contributed by atoms with Crippen LogP contribution < -0.4 is 10.5 Å². The van der Waals surface area contributed by atoms with Gasteiger partial charge >= 0.3 is 0 Å². The van der Waals surface area contributed by atoms with E-state index in [0.717, 1.165) is 29.8 Å². The zero-order valence-electron chi connectivity index (χ0n) is 10.8. The van der Waals surface area contributed by atoms with Crippen LogP contribution in [0.1, 0.15) is 19.3 Å². The number of benzene rings is 1. The van der Waals surface area contributed by atoms with Gasteiger partial charge in [0.25, 0.3) is 0 Å². The number of nitrogens with zero attached hydrogens (tertiary/aromatic N) is 2. The Kier molecular flexibility index (Phi) is 3.11. The van der Waals surface area contributed by atoms with Gasteiger partial charge in [0.1, 0.15) is 11.6 Å². The molecule has 1 fully saturated rings. The van der Waals surface area contributed by atoms with E-state index in [-0.39, 0.29) is 0 Å². The van der Waals surface area contributed by atoms with Gasteiger partial charge < -0.3 is 10.5 Å². The molecule has 1 aromatic carbocycles. The summed E-state index contributed by atoms with van der Waals surface area (Å²) >= 11 is 6.08. The zero-order valence-corrected chi connectivity index (χ0v) is 11.5. The number of nitrogens with two attached hydrogens (primary N) is 1. The van der Waals surface area contributed by atoms with Gasteiger partial charge in [-0.05, 0) is 37.5 Å². The number of nitrogen functional groups attached to an aromatic ring is 1. The van der Waals surface area contributed by atoms with E-state index in [2.05, 4.69) is 5.10 Å². The van der Waals surface area contributed by atoms with Crippen molar-refractivity contribution in [1.29, 1.82) is 0 Å². The second-order valence-corrected chi connectivity index (χ2v) is 5.33. The number of rotatable bonds is 3. The Labute approximate surface area is 117 Å². The van der Waals surface area contributed by atoms with Crippen LogP contribution in [0.25, 0.3) is 11.3 Å². The van der Waals surface area contributed by atoms with E-state index in [9.17, 15) is 0 Å². The van der Waals surface area contributed by atoms with Gasteiger partial charge in [-0.1, -0.05) is 11.6 Å². The minimum Gasteiger partial charge on any atom is -0.490 e. The van der Waals surface area contributed by atoms with Crippen molar-refractivity contribution in [2.24, 2.45) is 7.05 Å². The molecule has 0 atom stereocenters. The molecule has 0 spiro atoms. The Morgan fingerprint density at radius 3 is 2.74 bits per heavy atom. The standard InChI is InChI=1S/C14H16ClN3O/c1-18-14(16)8-12(17-18)11-7-9(15)5-6-13(11)19-10-3-2-4-10/h5-8,10H,2-4,16H2,1H3. The first kappa shape index (κ1) is 12.4. The lowest BCUT2D eigenvalue weighted by molar-refractivity contribution is 0.121. The second kappa shape index (κ2) is 4.78. The lowest BCUT2D eigenvalue weighted by Gasteiger charge is -2.27. The summed E-state index contributed by atoms with van der Waals surface area (Å²) in [5.74, 6) is 1.44. The van der Waals surface area contributed by atoms with E-state index >= 15 is 0 Å². The molecule has 1 aromatic heterocycles. The predicted octanol–water partition coefficient (Wildman–Crippen LogP) is 3.25. The highest BCUT2D eigenvalue weighted by Crippen LogP contribution is 2.35. The van der Waals surface area contributed by atoms with Crippen molar-refractivity contribution in [3.8, 4) is 17.0 Å². The maximum atomic E-state index is 6.08. The summed E-state index contributed by atoms with van der Waals surface area (Å²) in [5.41, 5.74) is 7.52. The molecule has 1 heterocycles. The number of aromatic nitrogens is 2. The quantitative estimate of drug-likeness (QED) is 0.937. The molecule has 0 bridgehead atoms. The van der Waals surface area contributed by atoms with E-state index in [1.54, 1.807) is 4.68 Å². The molecule has 5 heteroatoms. The topological polar surface area (TPSA) is 53.1 Å². The minimum atomic E-state index is 0.320. The van der Waals surface area contributed by atoms with Crippen molar-refractivity contribution in [3.63, 3.8) is 0 Å². The fourth-order valence-corrected chi connectivity index (χ4v) is 2.26. The van der Waals surface area contributed by atoms with Gasteiger partial charge in [0.05, 0.1) is 11.8 Å². The fourth-order valence-electron chi connectivity index (χ4n) is 2.09. The molecule has 3 rings (SSSR count). The number of halogens is 1.